The first-order valence-electron chi connectivity index (χ1n) is 13.0. The predicted molar refractivity (Wildman–Crippen MR) is 136 cm³/mol. The SMILES string of the molecule is CCCCCCN(CCCCCC)[P+](N(CC)CC)(N(CC)CC)N(CC)CC.[Br-]. The van der Waals surface area contributed by atoms with E-state index in [1.807, 2.05) is 0 Å². The van der Waals surface area contributed by atoms with Gasteiger partial charge < -0.3 is 17.0 Å². The zero-order chi connectivity index (χ0) is 22.1. The fourth-order valence-electron chi connectivity index (χ4n) is 4.70. The van der Waals surface area contributed by atoms with Gasteiger partial charge >= 0.3 is 7.87 Å². The summed E-state index contributed by atoms with van der Waals surface area (Å²) in [6.45, 7) is 28.2. The Bertz CT molecular complexity index is 318. The normalized spacial score (nSPS) is 12.4. The third-order valence-electron chi connectivity index (χ3n) is 6.25. The Hall–Kier alpha value is 0.750. The highest BCUT2D eigenvalue weighted by atomic mass is 79.9. The zero-order valence-electron chi connectivity index (χ0n) is 21.9. The molecule has 0 aliphatic carbocycles. The molecule has 0 rings (SSSR count). The highest BCUT2D eigenvalue weighted by molar-refractivity contribution is 7.66. The van der Waals surface area contributed by atoms with E-state index in [9.17, 15) is 0 Å². The van der Waals surface area contributed by atoms with Gasteiger partial charge in [-0.2, -0.15) is 0 Å². The molecular formula is C24H56BrN4P. The van der Waals surface area contributed by atoms with Crippen molar-refractivity contribution in [2.24, 2.45) is 0 Å². The van der Waals surface area contributed by atoms with Crippen molar-refractivity contribution in [1.29, 1.82) is 0 Å². The van der Waals surface area contributed by atoms with Gasteiger partial charge in [-0.25, -0.2) is 0 Å². The highest BCUT2D eigenvalue weighted by Gasteiger charge is 2.58. The van der Waals surface area contributed by atoms with Crippen LogP contribution in [0.15, 0.2) is 0 Å². The van der Waals surface area contributed by atoms with E-state index in [-0.39, 0.29) is 17.0 Å². The average Bonchev–Trinajstić information content (AvgIpc) is 2.74. The van der Waals surface area contributed by atoms with Crippen LogP contribution in [-0.4, -0.2) is 71.0 Å². The molecule has 0 atom stereocenters. The number of halogens is 1. The van der Waals surface area contributed by atoms with Gasteiger partial charge in [0.05, 0.1) is 0 Å². The van der Waals surface area contributed by atoms with Crippen LogP contribution in [0.4, 0.5) is 0 Å². The number of unbranched alkanes of at least 4 members (excludes halogenated alkanes) is 6. The molecule has 0 radical (unpaired) electrons. The van der Waals surface area contributed by atoms with Gasteiger partial charge in [0.15, 0.2) is 0 Å². The van der Waals surface area contributed by atoms with Crippen LogP contribution in [0, 0.1) is 0 Å². The quantitative estimate of drug-likeness (QED) is 0.180. The Morgan fingerprint density at radius 1 is 0.400 bits per heavy atom. The molecule has 0 unspecified atom stereocenters. The summed E-state index contributed by atoms with van der Waals surface area (Å²) in [5, 5.41) is 0. The Morgan fingerprint density at radius 2 is 0.700 bits per heavy atom. The fourth-order valence-corrected chi connectivity index (χ4v) is 9.95. The van der Waals surface area contributed by atoms with Gasteiger partial charge in [0.2, 0.25) is 0 Å². The summed E-state index contributed by atoms with van der Waals surface area (Å²) in [6.07, 6.45) is 10.8. The standard InChI is InChI=1S/C24H56N4P.BrH/c1-9-17-19-21-23-28(24-22-20-18-10-2)29(25(11-3)12-4,26(13-5)14-6)27(15-7)16-8;/h9-24H2,1-8H3;1H/q+1;/p-1. The first kappa shape index (κ1) is 32.9. The second kappa shape index (κ2) is 20.4. The monoisotopic (exact) mass is 510 g/mol. The Labute approximate surface area is 202 Å². The number of nitrogens with zero attached hydrogens (tertiary/aromatic N) is 4. The summed E-state index contributed by atoms with van der Waals surface area (Å²) in [4.78, 5) is 0. The van der Waals surface area contributed by atoms with Crippen molar-refractivity contribution in [3.05, 3.63) is 0 Å². The smallest absolute Gasteiger partial charge is 0.308 e. The van der Waals surface area contributed by atoms with E-state index in [0.29, 0.717) is 0 Å². The molecule has 0 aromatic carbocycles. The van der Waals surface area contributed by atoms with E-state index in [0.717, 1.165) is 39.3 Å². The van der Waals surface area contributed by atoms with E-state index in [4.69, 9.17) is 0 Å². The van der Waals surface area contributed by atoms with E-state index in [1.165, 1.54) is 64.5 Å². The lowest BCUT2D eigenvalue weighted by Gasteiger charge is -2.50. The summed E-state index contributed by atoms with van der Waals surface area (Å²) in [5.74, 6) is 0. The molecule has 30 heavy (non-hydrogen) atoms. The Morgan fingerprint density at radius 3 is 0.933 bits per heavy atom. The van der Waals surface area contributed by atoms with Crippen LogP contribution in [0.3, 0.4) is 0 Å². The van der Waals surface area contributed by atoms with Crippen LogP contribution < -0.4 is 17.0 Å². The molecule has 0 aromatic rings. The van der Waals surface area contributed by atoms with Gasteiger partial charge in [-0.1, -0.05) is 52.4 Å². The van der Waals surface area contributed by atoms with Gasteiger partial charge in [0.25, 0.3) is 0 Å². The molecule has 0 fully saturated rings. The summed E-state index contributed by atoms with van der Waals surface area (Å²) < 4.78 is 11.5. The highest BCUT2D eigenvalue weighted by Crippen LogP contribution is 2.69. The van der Waals surface area contributed by atoms with E-state index in [1.54, 1.807) is 0 Å². The van der Waals surface area contributed by atoms with Crippen molar-refractivity contribution < 1.29 is 17.0 Å². The van der Waals surface area contributed by atoms with Crippen LogP contribution in [0.5, 0.6) is 0 Å². The molecule has 0 aliphatic rings. The molecule has 4 nitrogen and oxygen atoms in total. The minimum atomic E-state index is -1.70. The van der Waals surface area contributed by atoms with Crippen molar-refractivity contribution in [3.63, 3.8) is 0 Å². The molecule has 0 amide bonds. The van der Waals surface area contributed by atoms with E-state index < -0.39 is 7.87 Å². The molecule has 0 saturated carbocycles. The lowest BCUT2D eigenvalue weighted by Crippen LogP contribution is -3.00. The van der Waals surface area contributed by atoms with Crippen LogP contribution in [0.25, 0.3) is 0 Å². The maximum Gasteiger partial charge on any atom is 0.308 e. The van der Waals surface area contributed by atoms with Crippen molar-refractivity contribution in [2.75, 3.05) is 52.4 Å². The van der Waals surface area contributed by atoms with Crippen molar-refractivity contribution in [3.8, 4) is 0 Å². The molecule has 0 heterocycles. The fraction of sp³-hybridized carbons (Fsp3) is 1.00. The minimum Gasteiger partial charge on any atom is -1.00 e. The van der Waals surface area contributed by atoms with Crippen molar-refractivity contribution in [2.45, 2.75) is 107 Å². The Kier molecular flexibility index (Phi) is 22.3. The number of hydrogen-bond donors (Lipinski definition) is 0. The average molecular weight is 512 g/mol. The second-order valence-electron chi connectivity index (χ2n) is 8.03. The van der Waals surface area contributed by atoms with E-state index in [2.05, 4.69) is 74.1 Å². The first-order valence-corrected chi connectivity index (χ1v) is 14.6. The molecular weight excluding hydrogens is 455 g/mol. The third kappa shape index (κ3) is 9.32. The lowest BCUT2D eigenvalue weighted by atomic mass is 10.2. The van der Waals surface area contributed by atoms with Gasteiger partial charge in [-0.15, -0.1) is 18.7 Å². The van der Waals surface area contributed by atoms with Gasteiger partial charge in [-0.3, -0.25) is 0 Å². The first-order chi connectivity index (χ1) is 14.1. The van der Waals surface area contributed by atoms with Crippen LogP contribution in [0.1, 0.15) is 107 Å². The maximum absolute atomic E-state index is 2.98. The summed E-state index contributed by atoms with van der Waals surface area (Å²) >= 11 is 0. The summed E-state index contributed by atoms with van der Waals surface area (Å²) in [7, 11) is -1.70. The molecule has 0 aromatic heterocycles. The van der Waals surface area contributed by atoms with Crippen LogP contribution in [-0.2, 0) is 0 Å². The molecule has 0 saturated heterocycles. The largest absolute Gasteiger partial charge is 1.00 e. The summed E-state index contributed by atoms with van der Waals surface area (Å²) in [6, 6.07) is 0. The molecule has 184 valence electrons. The molecule has 0 bridgehead atoms. The molecule has 0 N–H and O–H groups in total. The number of rotatable bonds is 20. The van der Waals surface area contributed by atoms with E-state index >= 15 is 0 Å². The molecule has 6 heteroatoms. The second-order valence-corrected chi connectivity index (χ2v) is 11.4. The lowest BCUT2D eigenvalue weighted by molar-refractivity contribution is -0.00000738. The number of hydrogen-bond acceptors (Lipinski definition) is 4. The Balaban J connectivity index is 0. The predicted octanol–water partition coefficient (Wildman–Crippen LogP) is 4.16. The topological polar surface area (TPSA) is 13.0 Å². The minimum absolute atomic E-state index is 0. The van der Waals surface area contributed by atoms with Crippen LogP contribution in [0.2, 0.25) is 0 Å². The van der Waals surface area contributed by atoms with Gasteiger partial charge in [0.1, 0.15) is 0 Å². The van der Waals surface area contributed by atoms with Crippen molar-refractivity contribution >= 4 is 7.87 Å². The maximum atomic E-state index is 2.98. The zero-order valence-corrected chi connectivity index (χ0v) is 24.4. The molecule has 0 aliphatic heterocycles. The molecule has 0 spiro atoms. The third-order valence-corrected chi connectivity index (χ3v) is 11.4. The van der Waals surface area contributed by atoms with Gasteiger partial charge in [-0.05, 0) is 54.4 Å². The van der Waals surface area contributed by atoms with Crippen LogP contribution >= 0.6 is 7.87 Å². The summed E-state index contributed by atoms with van der Waals surface area (Å²) in [5.41, 5.74) is 0. The van der Waals surface area contributed by atoms with Gasteiger partial charge in [0, 0.05) is 52.4 Å². The van der Waals surface area contributed by atoms with Crippen molar-refractivity contribution in [1.82, 2.24) is 18.7 Å².